The average molecular weight is 313 g/mol. The lowest BCUT2D eigenvalue weighted by Crippen LogP contribution is -1.92. The highest BCUT2D eigenvalue weighted by atomic mass is 35.5. The lowest BCUT2D eigenvalue weighted by Gasteiger charge is -1.98. The molecule has 0 rings (SSSR count). The summed E-state index contributed by atoms with van der Waals surface area (Å²) in [7, 11) is 0. The maximum atomic E-state index is 5.59. The Morgan fingerprint density at radius 3 is 2.43 bits per heavy atom. The molecule has 0 bridgehead atoms. The second-order valence-electron chi connectivity index (χ2n) is 5.30. The van der Waals surface area contributed by atoms with Crippen LogP contribution in [0.3, 0.4) is 0 Å². The van der Waals surface area contributed by atoms with Crippen molar-refractivity contribution >= 4 is 11.6 Å². The summed E-state index contributed by atoms with van der Waals surface area (Å²) in [5, 5.41) is 0. The van der Waals surface area contributed by atoms with Crippen molar-refractivity contribution in [3.63, 3.8) is 0 Å². The fourth-order valence-corrected chi connectivity index (χ4v) is 2.11. The summed E-state index contributed by atoms with van der Waals surface area (Å²) in [6.45, 7) is 3.77. The Morgan fingerprint density at radius 2 is 1.62 bits per heavy atom. The number of unbranched alkanes of at least 4 members (excludes halogenated alkanes) is 7. The third-order valence-corrected chi connectivity index (χ3v) is 3.50. The van der Waals surface area contributed by atoms with E-state index in [1.54, 1.807) is 0 Å². The summed E-state index contributed by atoms with van der Waals surface area (Å²) >= 11 is 5.59. The normalized spacial score (nSPS) is 10.8. The Labute approximate surface area is 137 Å². The Morgan fingerprint density at radius 1 is 0.857 bits per heavy atom. The molecular weight excluding hydrogens is 280 g/mol. The van der Waals surface area contributed by atoms with Gasteiger partial charge >= 0.3 is 0 Å². The first kappa shape index (κ1) is 20.5. The van der Waals surface area contributed by atoms with Gasteiger partial charge in [-0.1, -0.05) is 51.2 Å². The molecule has 0 aliphatic carbocycles. The number of rotatable bonds is 15. The first-order valence-corrected chi connectivity index (χ1v) is 9.13. The molecule has 122 valence electrons. The van der Waals surface area contributed by atoms with Crippen LogP contribution < -0.4 is 0 Å². The van der Waals surface area contributed by atoms with Crippen molar-refractivity contribution in [2.24, 2.45) is 0 Å². The van der Waals surface area contributed by atoms with E-state index in [9.17, 15) is 0 Å². The highest BCUT2D eigenvalue weighted by molar-refractivity contribution is 6.17. The van der Waals surface area contributed by atoms with Crippen molar-refractivity contribution < 1.29 is 4.74 Å². The van der Waals surface area contributed by atoms with Crippen LogP contribution in [0, 0.1) is 0 Å². The zero-order chi connectivity index (χ0) is 15.4. The molecule has 0 aromatic heterocycles. The van der Waals surface area contributed by atoms with Gasteiger partial charge in [-0.05, 0) is 44.3 Å². The van der Waals surface area contributed by atoms with E-state index in [1.165, 1.54) is 44.9 Å². The summed E-state index contributed by atoms with van der Waals surface area (Å²) in [6.07, 6.45) is 20.8. The number of halogens is 1. The number of allylic oxidation sites excluding steroid dienone is 1. The number of alkyl halides is 1. The lowest BCUT2D eigenvalue weighted by atomic mass is 10.1. The van der Waals surface area contributed by atoms with Crippen LogP contribution in [0.1, 0.15) is 71.1 Å². The van der Waals surface area contributed by atoms with E-state index in [0.29, 0.717) is 0 Å². The van der Waals surface area contributed by atoms with E-state index in [0.717, 1.165) is 38.4 Å². The number of hydrogen-bond donors (Lipinski definition) is 0. The molecule has 0 amide bonds. The molecule has 0 aliphatic rings. The second-order valence-corrected chi connectivity index (χ2v) is 5.68. The SMILES string of the molecule is CCCCCCCC/C=C\COCCC=C=CCCCCl. The minimum atomic E-state index is 0.729. The van der Waals surface area contributed by atoms with Gasteiger partial charge in [-0.15, -0.1) is 17.3 Å². The van der Waals surface area contributed by atoms with Gasteiger partial charge in [0.2, 0.25) is 0 Å². The van der Waals surface area contributed by atoms with Crippen LogP contribution in [0.5, 0.6) is 0 Å². The van der Waals surface area contributed by atoms with Crippen LogP contribution >= 0.6 is 11.6 Å². The van der Waals surface area contributed by atoms with Crippen LogP contribution in [0.15, 0.2) is 30.0 Å². The second kappa shape index (κ2) is 19.5. The topological polar surface area (TPSA) is 9.23 Å². The van der Waals surface area contributed by atoms with Gasteiger partial charge < -0.3 is 4.74 Å². The third kappa shape index (κ3) is 19.5. The Hall–Kier alpha value is -0.490. The van der Waals surface area contributed by atoms with Crippen molar-refractivity contribution in [1.29, 1.82) is 0 Å². The van der Waals surface area contributed by atoms with Gasteiger partial charge in [0.1, 0.15) is 0 Å². The van der Waals surface area contributed by atoms with Gasteiger partial charge in [0.05, 0.1) is 13.2 Å². The Kier molecular flexibility index (Phi) is 19.1. The lowest BCUT2D eigenvalue weighted by molar-refractivity contribution is 0.167. The maximum absolute atomic E-state index is 5.59. The van der Waals surface area contributed by atoms with E-state index < -0.39 is 0 Å². The summed E-state index contributed by atoms with van der Waals surface area (Å²) in [5.41, 5.74) is 3.15. The van der Waals surface area contributed by atoms with Gasteiger partial charge in [0.25, 0.3) is 0 Å². The summed E-state index contributed by atoms with van der Waals surface area (Å²) in [6, 6.07) is 0. The quantitative estimate of drug-likeness (QED) is 0.146. The molecule has 0 aromatic carbocycles. The van der Waals surface area contributed by atoms with Gasteiger partial charge in [-0.2, -0.15) is 0 Å². The monoisotopic (exact) mass is 312 g/mol. The van der Waals surface area contributed by atoms with Crippen molar-refractivity contribution in [3.8, 4) is 0 Å². The van der Waals surface area contributed by atoms with Crippen molar-refractivity contribution in [2.45, 2.75) is 71.1 Å². The smallest absolute Gasteiger partial charge is 0.0647 e. The molecule has 21 heavy (non-hydrogen) atoms. The first-order chi connectivity index (χ1) is 10.4. The van der Waals surface area contributed by atoms with E-state index in [4.69, 9.17) is 16.3 Å². The predicted molar refractivity (Wildman–Crippen MR) is 95.2 cm³/mol. The van der Waals surface area contributed by atoms with Gasteiger partial charge in [-0.25, -0.2) is 0 Å². The van der Waals surface area contributed by atoms with E-state index in [2.05, 4.69) is 24.8 Å². The standard InChI is InChI=1S/C19H33ClO/c1-2-3-4-5-6-7-9-12-15-18-21-19-16-13-10-8-11-14-17-20/h8,12-13,15H,2-7,9,11,14,16-19H2,1H3/b15-12-. The van der Waals surface area contributed by atoms with Crippen molar-refractivity contribution in [3.05, 3.63) is 30.0 Å². The van der Waals surface area contributed by atoms with Crippen LogP contribution in [-0.4, -0.2) is 19.1 Å². The summed E-state index contributed by atoms with van der Waals surface area (Å²) in [5.74, 6) is 0.729. The fraction of sp³-hybridized carbons (Fsp3) is 0.737. The molecule has 0 fully saturated rings. The zero-order valence-electron chi connectivity index (χ0n) is 13.8. The molecule has 0 saturated carbocycles. The maximum Gasteiger partial charge on any atom is 0.0647 e. The average Bonchev–Trinajstić information content (AvgIpc) is 2.50. The minimum absolute atomic E-state index is 0.729. The minimum Gasteiger partial charge on any atom is -0.377 e. The van der Waals surface area contributed by atoms with E-state index in [1.807, 2.05) is 12.2 Å². The van der Waals surface area contributed by atoms with Gasteiger partial charge in [0, 0.05) is 5.88 Å². The molecule has 0 atom stereocenters. The number of ether oxygens (including phenoxy) is 1. The molecule has 2 heteroatoms. The molecule has 0 radical (unpaired) electrons. The fourth-order valence-electron chi connectivity index (χ4n) is 1.95. The summed E-state index contributed by atoms with van der Waals surface area (Å²) < 4.78 is 5.53. The predicted octanol–water partition coefficient (Wildman–Crippen LogP) is 6.43. The molecule has 0 aromatic rings. The highest BCUT2D eigenvalue weighted by Crippen LogP contribution is 2.07. The molecule has 0 unspecified atom stereocenters. The van der Waals surface area contributed by atoms with Crippen LogP contribution in [0.4, 0.5) is 0 Å². The van der Waals surface area contributed by atoms with Gasteiger partial charge in [-0.3, -0.25) is 0 Å². The highest BCUT2D eigenvalue weighted by Gasteiger charge is 1.88. The summed E-state index contributed by atoms with van der Waals surface area (Å²) in [4.78, 5) is 0. The van der Waals surface area contributed by atoms with Crippen molar-refractivity contribution in [1.82, 2.24) is 0 Å². The van der Waals surface area contributed by atoms with Crippen LogP contribution in [-0.2, 0) is 4.74 Å². The molecular formula is C19H33ClO. The molecule has 1 nitrogen and oxygen atoms in total. The van der Waals surface area contributed by atoms with Gasteiger partial charge in [0.15, 0.2) is 0 Å². The van der Waals surface area contributed by atoms with Crippen molar-refractivity contribution in [2.75, 3.05) is 19.1 Å². The van der Waals surface area contributed by atoms with E-state index >= 15 is 0 Å². The molecule has 0 spiro atoms. The number of hydrogen-bond acceptors (Lipinski definition) is 1. The molecule has 0 saturated heterocycles. The first-order valence-electron chi connectivity index (χ1n) is 8.60. The van der Waals surface area contributed by atoms with Crippen LogP contribution in [0.25, 0.3) is 0 Å². The van der Waals surface area contributed by atoms with Crippen LogP contribution in [0.2, 0.25) is 0 Å². The Balaban J connectivity index is 3.20. The third-order valence-electron chi connectivity index (χ3n) is 3.23. The zero-order valence-corrected chi connectivity index (χ0v) is 14.5. The van der Waals surface area contributed by atoms with E-state index in [-0.39, 0.29) is 0 Å². The molecule has 0 heterocycles. The molecule has 0 aliphatic heterocycles. The molecule has 0 N–H and O–H groups in total. The Bertz CT molecular complexity index is 277. The largest absolute Gasteiger partial charge is 0.377 e.